The Morgan fingerprint density at radius 1 is 1.28 bits per heavy atom. The van der Waals surface area contributed by atoms with E-state index in [-0.39, 0.29) is 5.97 Å². The van der Waals surface area contributed by atoms with Gasteiger partial charge in [-0.1, -0.05) is 17.7 Å². The lowest BCUT2D eigenvalue weighted by atomic mass is 10.0. The maximum Gasteiger partial charge on any atom is 0.338 e. The van der Waals surface area contributed by atoms with Gasteiger partial charge in [0.25, 0.3) is 0 Å². The molecule has 0 saturated heterocycles. The third-order valence-corrected chi connectivity index (χ3v) is 3.63. The van der Waals surface area contributed by atoms with Crippen LogP contribution in [0.1, 0.15) is 25.6 Å². The summed E-state index contributed by atoms with van der Waals surface area (Å²) < 4.78 is 4.78. The monoisotopic (exact) mass is 260 g/mol. The highest BCUT2D eigenvalue weighted by atomic mass is 32.1. The lowest BCUT2D eigenvalue weighted by molar-refractivity contribution is 0.0601. The zero-order chi connectivity index (χ0) is 13.1. The van der Waals surface area contributed by atoms with Gasteiger partial charge >= 0.3 is 5.97 Å². The van der Waals surface area contributed by atoms with Crippen LogP contribution < -0.4 is 0 Å². The number of carbonyl (C=O) groups excluding carboxylic acids is 2. The number of methoxy groups -OCH3 is 1. The van der Waals surface area contributed by atoms with Crippen molar-refractivity contribution in [3.63, 3.8) is 0 Å². The summed E-state index contributed by atoms with van der Waals surface area (Å²) in [4.78, 5) is 24.0. The molecule has 4 heteroatoms. The maximum absolute atomic E-state index is 11.7. The first-order valence-corrected chi connectivity index (χ1v) is 6.21. The van der Waals surface area contributed by atoms with Gasteiger partial charge in [0.1, 0.15) is 0 Å². The zero-order valence-electron chi connectivity index (χ0n) is 10.1. The van der Waals surface area contributed by atoms with Gasteiger partial charge in [0.05, 0.1) is 17.6 Å². The van der Waals surface area contributed by atoms with Crippen molar-refractivity contribution >= 4 is 23.6 Å². The number of rotatable bonds is 3. The zero-order valence-corrected chi connectivity index (χ0v) is 10.9. The van der Waals surface area contributed by atoms with Crippen LogP contribution in [0.15, 0.2) is 30.3 Å². The molecule has 18 heavy (non-hydrogen) atoms. The van der Waals surface area contributed by atoms with Gasteiger partial charge in [-0.2, -0.15) is 0 Å². The molecule has 0 aliphatic rings. The number of hydrogen-bond acceptors (Lipinski definition) is 4. The van der Waals surface area contributed by atoms with E-state index in [2.05, 4.69) is 0 Å². The number of carbonyl (C=O) groups is 2. The van der Waals surface area contributed by atoms with E-state index in [4.69, 9.17) is 4.74 Å². The molecule has 0 radical (unpaired) electrons. The van der Waals surface area contributed by atoms with Crippen LogP contribution in [0.2, 0.25) is 0 Å². The Labute approximate surface area is 109 Å². The first-order valence-electron chi connectivity index (χ1n) is 5.40. The molecule has 0 amide bonds. The topological polar surface area (TPSA) is 43.4 Å². The van der Waals surface area contributed by atoms with Crippen LogP contribution in [-0.2, 0) is 4.74 Å². The summed E-state index contributed by atoms with van der Waals surface area (Å²) in [6.45, 7) is 1.92. The minimum absolute atomic E-state index is 0.366. The van der Waals surface area contributed by atoms with Crippen LogP contribution in [-0.4, -0.2) is 19.4 Å². The number of aryl methyl sites for hydroxylation is 1. The predicted octanol–water partition coefficient (Wildman–Crippen LogP) is 3.32. The maximum atomic E-state index is 11.7. The van der Waals surface area contributed by atoms with E-state index in [1.807, 2.05) is 25.1 Å². The lowest BCUT2D eigenvalue weighted by Crippen LogP contribution is -2.03. The Bertz CT molecular complexity index is 599. The number of aldehydes is 1. The van der Waals surface area contributed by atoms with E-state index < -0.39 is 0 Å². The van der Waals surface area contributed by atoms with Gasteiger partial charge in [0.15, 0.2) is 6.29 Å². The summed E-state index contributed by atoms with van der Waals surface area (Å²) in [5.74, 6) is -0.366. The second-order valence-corrected chi connectivity index (χ2v) is 4.98. The number of ether oxygens (including phenoxy) is 1. The normalized spacial score (nSPS) is 10.1. The predicted molar refractivity (Wildman–Crippen MR) is 71.2 cm³/mol. The van der Waals surface area contributed by atoms with E-state index in [1.54, 1.807) is 12.1 Å². The molecule has 92 valence electrons. The SMILES string of the molecule is COC(=O)c1cc(C)ccc1-c1ccc(C=O)s1. The molecule has 0 saturated carbocycles. The summed E-state index contributed by atoms with van der Waals surface area (Å²) in [5, 5.41) is 0. The molecule has 0 aliphatic heterocycles. The first kappa shape index (κ1) is 12.5. The fourth-order valence-electron chi connectivity index (χ4n) is 1.71. The lowest BCUT2D eigenvalue weighted by Gasteiger charge is -2.07. The highest BCUT2D eigenvalue weighted by Crippen LogP contribution is 2.31. The highest BCUT2D eigenvalue weighted by molar-refractivity contribution is 7.17. The minimum Gasteiger partial charge on any atom is -0.465 e. The molecule has 0 fully saturated rings. The summed E-state index contributed by atoms with van der Waals surface area (Å²) in [6, 6.07) is 9.19. The van der Waals surface area contributed by atoms with Crippen LogP contribution in [0.3, 0.4) is 0 Å². The van der Waals surface area contributed by atoms with Crippen LogP contribution in [0.4, 0.5) is 0 Å². The van der Waals surface area contributed by atoms with Crippen LogP contribution in [0, 0.1) is 6.92 Å². The van der Waals surface area contributed by atoms with E-state index in [9.17, 15) is 9.59 Å². The Hall–Kier alpha value is -1.94. The average Bonchev–Trinajstić information content (AvgIpc) is 2.86. The molecule has 0 N–H and O–H groups in total. The van der Waals surface area contributed by atoms with Crippen molar-refractivity contribution in [3.8, 4) is 10.4 Å². The Balaban J connectivity index is 2.55. The molecule has 0 atom stereocenters. The summed E-state index contributed by atoms with van der Waals surface area (Å²) in [5.41, 5.74) is 2.31. The van der Waals surface area contributed by atoms with Crippen molar-refractivity contribution in [1.82, 2.24) is 0 Å². The number of benzene rings is 1. The Morgan fingerprint density at radius 2 is 2.06 bits per heavy atom. The van der Waals surface area contributed by atoms with E-state index in [1.165, 1.54) is 18.4 Å². The molecule has 0 spiro atoms. The van der Waals surface area contributed by atoms with Crippen molar-refractivity contribution in [3.05, 3.63) is 46.3 Å². The third kappa shape index (κ3) is 2.33. The second kappa shape index (κ2) is 5.14. The molecule has 1 aromatic carbocycles. The standard InChI is InChI=1S/C14H12O3S/c1-9-3-5-11(12(7-9)14(16)17-2)13-6-4-10(8-15)18-13/h3-8H,1-2H3. The molecule has 1 aromatic heterocycles. The summed E-state index contributed by atoms with van der Waals surface area (Å²) >= 11 is 1.36. The van der Waals surface area contributed by atoms with Crippen molar-refractivity contribution in [2.24, 2.45) is 0 Å². The average molecular weight is 260 g/mol. The fraction of sp³-hybridized carbons (Fsp3) is 0.143. The van der Waals surface area contributed by atoms with Gasteiger partial charge in [0, 0.05) is 10.4 Å². The quantitative estimate of drug-likeness (QED) is 0.628. The minimum atomic E-state index is -0.366. The fourth-order valence-corrected chi connectivity index (χ4v) is 2.57. The van der Waals surface area contributed by atoms with E-state index >= 15 is 0 Å². The Morgan fingerprint density at radius 3 is 2.67 bits per heavy atom. The molecular weight excluding hydrogens is 248 g/mol. The van der Waals surface area contributed by atoms with Crippen molar-refractivity contribution in [1.29, 1.82) is 0 Å². The highest BCUT2D eigenvalue weighted by Gasteiger charge is 2.14. The number of esters is 1. The van der Waals surface area contributed by atoms with Crippen LogP contribution in [0.25, 0.3) is 10.4 Å². The van der Waals surface area contributed by atoms with E-state index in [0.29, 0.717) is 10.4 Å². The second-order valence-electron chi connectivity index (χ2n) is 3.86. The van der Waals surface area contributed by atoms with Gasteiger partial charge in [-0.25, -0.2) is 4.79 Å². The van der Waals surface area contributed by atoms with Gasteiger partial charge < -0.3 is 4.74 Å². The van der Waals surface area contributed by atoms with Crippen molar-refractivity contribution in [2.75, 3.05) is 7.11 Å². The molecule has 2 aromatic rings. The molecule has 2 rings (SSSR count). The summed E-state index contributed by atoms with van der Waals surface area (Å²) in [6.07, 6.45) is 0.806. The van der Waals surface area contributed by atoms with Crippen molar-refractivity contribution < 1.29 is 14.3 Å². The number of hydrogen-bond donors (Lipinski definition) is 0. The van der Waals surface area contributed by atoms with Crippen molar-refractivity contribution in [2.45, 2.75) is 6.92 Å². The smallest absolute Gasteiger partial charge is 0.338 e. The summed E-state index contributed by atoms with van der Waals surface area (Å²) in [7, 11) is 1.36. The molecule has 0 unspecified atom stereocenters. The van der Waals surface area contributed by atoms with E-state index in [0.717, 1.165) is 22.3 Å². The first-order chi connectivity index (χ1) is 8.65. The van der Waals surface area contributed by atoms with Crippen LogP contribution in [0.5, 0.6) is 0 Å². The largest absolute Gasteiger partial charge is 0.465 e. The van der Waals surface area contributed by atoms with Gasteiger partial charge in [-0.05, 0) is 25.1 Å². The van der Waals surface area contributed by atoms with Gasteiger partial charge in [0.2, 0.25) is 0 Å². The molecular formula is C14H12O3S. The Kier molecular flexibility index (Phi) is 3.58. The molecule has 3 nitrogen and oxygen atoms in total. The van der Waals surface area contributed by atoms with Crippen LogP contribution >= 0.6 is 11.3 Å². The molecule has 0 bridgehead atoms. The van der Waals surface area contributed by atoms with Gasteiger partial charge in [-0.3, -0.25) is 4.79 Å². The third-order valence-electron chi connectivity index (χ3n) is 2.59. The number of thiophene rings is 1. The van der Waals surface area contributed by atoms with Gasteiger partial charge in [-0.15, -0.1) is 11.3 Å². The molecule has 1 heterocycles. The molecule has 0 aliphatic carbocycles.